The molecular weight excluding hydrogens is 214 g/mol. The molecule has 1 atom stereocenters. The number of aliphatic hydroxyl groups excluding tert-OH is 1. The van der Waals surface area contributed by atoms with Crippen molar-refractivity contribution >= 4 is 5.91 Å². The Morgan fingerprint density at radius 1 is 1.29 bits per heavy atom. The summed E-state index contributed by atoms with van der Waals surface area (Å²) in [5.41, 5.74) is 0.361. The van der Waals surface area contributed by atoms with Gasteiger partial charge in [-0.05, 0) is 43.9 Å². The molecule has 17 heavy (non-hydrogen) atoms. The largest absolute Gasteiger partial charge is 0.394 e. The van der Waals surface area contributed by atoms with Crippen LogP contribution in [0.5, 0.6) is 0 Å². The first kappa shape index (κ1) is 14.5. The van der Waals surface area contributed by atoms with Crippen LogP contribution in [0.25, 0.3) is 0 Å². The van der Waals surface area contributed by atoms with Gasteiger partial charge in [0.05, 0.1) is 6.61 Å². The van der Waals surface area contributed by atoms with Crippen LogP contribution >= 0.6 is 0 Å². The monoisotopic (exact) mass is 241 g/mol. The third kappa shape index (κ3) is 4.30. The minimum absolute atomic E-state index is 0.0169. The van der Waals surface area contributed by atoms with Gasteiger partial charge in [0.1, 0.15) is 0 Å². The summed E-state index contributed by atoms with van der Waals surface area (Å²) in [4.78, 5) is 11.9. The fraction of sp³-hybridized carbons (Fsp3) is 0.929. The number of carbonyl (C=O) groups is 1. The molecular formula is C14H27NO2. The molecule has 0 heterocycles. The van der Waals surface area contributed by atoms with Crippen LogP contribution in [0.1, 0.15) is 53.4 Å². The second-order valence-corrected chi connectivity index (χ2v) is 6.51. The maximum absolute atomic E-state index is 11.9. The Balaban J connectivity index is 2.39. The van der Waals surface area contributed by atoms with E-state index in [1.807, 2.05) is 6.92 Å². The van der Waals surface area contributed by atoms with E-state index in [-0.39, 0.29) is 24.5 Å². The van der Waals surface area contributed by atoms with Gasteiger partial charge in [-0.15, -0.1) is 0 Å². The van der Waals surface area contributed by atoms with Crippen molar-refractivity contribution in [2.24, 2.45) is 17.3 Å². The van der Waals surface area contributed by atoms with E-state index in [0.717, 1.165) is 31.6 Å². The number of nitrogens with one attached hydrogen (secondary N) is 1. The molecule has 0 radical (unpaired) electrons. The van der Waals surface area contributed by atoms with Crippen LogP contribution in [-0.2, 0) is 4.79 Å². The molecule has 0 unspecified atom stereocenters. The number of hydrogen-bond acceptors (Lipinski definition) is 2. The Labute approximate surface area is 105 Å². The van der Waals surface area contributed by atoms with Crippen molar-refractivity contribution < 1.29 is 9.90 Å². The first-order valence-electron chi connectivity index (χ1n) is 6.75. The standard InChI is InChI=1S/C14H27NO2/c1-10(9-16)15-13(17)11-5-7-12(8-6-11)14(2,3)4/h10-12,16H,5-9H2,1-4H3,(H,15,17)/t10-,11?,12?/m1/s1. The average Bonchev–Trinajstić information content (AvgIpc) is 2.27. The Morgan fingerprint density at radius 2 is 1.82 bits per heavy atom. The quantitative estimate of drug-likeness (QED) is 0.797. The summed E-state index contributed by atoms with van der Waals surface area (Å²) in [7, 11) is 0. The predicted molar refractivity (Wildman–Crippen MR) is 69.6 cm³/mol. The van der Waals surface area contributed by atoms with Crippen LogP contribution in [-0.4, -0.2) is 23.7 Å². The molecule has 100 valence electrons. The van der Waals surface area contributed by atoms with Crippen molar-refractivity contribution in [2.75, 3.05) is 6.61 Å². The highest BCUT2D eigenvalue weighted by molar-refractivity contribution is 5.78. The molecule has 0 spiro atoms. The molecule has 1 aliphatic carbocycles. The van der Waals surface area contributed by atoms with E-state index < -0.39 is 0 Å². The van der Waals surface area contributed by atoms with Crippen LogP contribution < -0.4 is 5.32 Å². The van der Waals surface area contributed by atoms with Crippen LogP contribution in [0.15, 0.2) is 0 Å². The normalized spacial score (nSPS) is 27.6. The molecule has 1 aliphatic rings. The number of amides is 1. The van der Waals surface area contributed by atoms with E-state index in [1.165, 1.54) is 0 Å². The van der Waals surface area contributed by atoms with Crippen molar-refractivity contribution in [3.05, 3.63) is 0 Å². The van der Waals surface area contributed by atoms with Gasteiger partial charge in [0.25, 0.3) is 0 Å². The number of hydrogen-bond donors (Lipinski definition) is 2. The van der Waals surface area contributed by atoms with E-state index in [0.29, 0.717) is 5.41 Å². The van der Waals surface area contributed by atoms with Gasteiger partial charge in [0, 0.05) is 12.0 Å². The molecule has 0 aromatic rings. The molecule has 1 amide bonds. The van der Waals surface area contributed by atoms with Gasteiger partial charge >= 0.3 is 0 Å². The molecule has 1 fully saturated rings. The van der Waals surface area contributed by atoms with Crippen molar-refractivity contribution in [3.8, 4) is 0 Å². The van der Waals surface area contributed by atoms with Crippen LogP contribution in [0.2, 0.25) is 0 Å². The van der Waals surface area contributed by atoms with Crippen LogP contribution in [0, 0.1) is 17.3 Å². The lowest BCUT2D eigenvalue weighted by atomic mass is 9.69. The van der Waals surface area contributed by atoms with Gasteiger partial charge in [-0.2, -0.15) is 0 Å². The first-order valence-corrected chi connectivity index (χ1v) is 6.75. The maximum atomic E-state index is 11.9. The minimum atomic E-state index is -0.122. The highest BCUT2D eigenvalue weighted by Crippen LogP contribution is 2.39. The number of carbonyl (C=O) groups excluding carboxylic acids is 1. The number of aliphatic hydroxyl groups is 1. The molecule has 1 saturated carbocycles. The molecule has 2 N–H and O–H groups in total. The van der Waals surface area contributed by atoms with Gasteiger partial charge in [0.15, 0.2) is 0 Å². The minimum Gasteiger partial charge on any atom is -0.394 e. The van der Waals surface area contributed by atoms with Gasteiger partial charge in [-0.3, -0.25) is 4.79 Å². The lowest BCUT2D eigenvalue weighted by Gasteiger charge is -2.36. The smallest absolute Gasteiger partial charge is 0.223 e. The molecule has 3 nitrogen and oxygen atoms in total. The predicted octanol–water partition coefficient (Wildman–Crippen LogP) is 2.34. The molecule has 0 aliphatic heterocycles. The molecule has 0 aromatic carbocycles. The van der Waals surface area contributed by atoms with Crippen molar-refractivity contribution in [2.45, 2.75) is 59.4 Å². The second-order valence-electron chi connectivity index (χ2n) is 6.51. The van der Waals surface area contributed by atoms with Crippen molar-refractivity contribution in [3.63, 3.8) is 0 Å². The van der Waals surface area contributed by atoms with E-state index in [2.05, 4.69) is 26.1 Å². The average molecular weight is 241 g/mol. The molecule has 3 heteroatoms. The highest BCUT2D eigenvalue weighted by Gasteiger charge is 2.32. The van der Waals surface area contributed by atoms with Gasteiger partial charge < -0.3 is 10.4 Å². The van der Waals surface area contributed by atoms with E-state index in [1.54, 1.807) is 0 Å². The Kier molecular flexibility index (Phi) is 4.99. The van der Waals surface area contributed by atoms with E-state index in [4.69, 9.17) is 5.11 Å². The zero-order valence-electron chi connectivity index (χ0n) is 11.6. The summed E-state index contributed by atoms with van der Waals surface area (Å²) in [6.07, 6.45) is 4.28. The Bertz CT molecular complexity index is 249. The number of rotatable bonds is 3. The topological polar surface area (TPSA) is 49.3 Å². The Hall–Kier alpha value is -0.570. The summed E-state index contributed by atoms with van der Waals surface area (Å²) < 4.78 is 0. The summed E-state index contributed by atoms with van der Waals surface area (Å²) in [6.45, 7) is 8.70. The second kappa shape index (κ2) is 5.85. The third-order valence-electron chi connectivity index (χ3n) is 3.99. The lowest BCUT2D eigenvalue weighted by molar-refractivity contribution is -0.127. The summed E-state index contributed by atoms with van der Waals surface area (Å²) in [6, 6.07) is -0.122. The van der Waals surface area contributed by atoms with Gasteiger partial charge in [-0.1, -0.05) is 20.8 Å². The Morgan fingerprint density at radius 3 is 2.24 bits per heavy atom. The maximum Gasteiger partial charge on any atom is 0.223 e. The van der Waals surface area contributed by atoms with Crippen molar-refractivity contribution in [1.82, 2.24) is 5.32 Å². The van der Waals surface area contributed by atoms with Crippen LogP contribution in [0.4, 0.5) is 0 Å². The fourth-order valence-electron chi connectivity index (χ4n) is 2.63. The zero-order chi connectivity index (χ0) is 13.1. The van der Waals surface area contributed by atoms with E-state index >= 15 is 0 Å². The fourth-order valence-corrected chi connectivity index (χ4v) is 2.63. The zero-order valence-corrected chi connectivity index (χ0v) is 11.6. The molecule has 0 bridgehead atoms. The highest BCUT2D eigenvalue weighted by atomic mass is 16.3. The molecule has 1 rings (SSSR count). The van der Waals surface area contributed by atoms with Gasteiger partial charge in [-0.25, -0.2) is 0 Å². The van der Waals surface area contributed by atoms with E-state index in [9.17, 15) is 4.79 Å². The molecule has 0 saturated heterocycles. The van der Waals surface area contributed by atoms with Crippen molar-refractivity contribution in [1.29, 1.82) is 0 Å². The SMILES string of the molecule is C[C@H](CO)NC(=O)C1CCC(C(C)(C)C)CC1. The summed E-state index contributed by atoms with van der Waals surface area (Å²) >= 11 is 0. The molecule has 0 aromatic heterocycles. The first-order chi connectivity index (χ1) is 7.84. The lowest BCUT2D eigenvalue weighted by Crippen LogP contribution is -2.41. The third-order valence-corrected chi connectivity index (χ3v) is 3.99. The summed E-state index contributed by atoms with van der Waals surface area (Å²) in [5, 5.41) is 11.8. The van der Waals surface area contributed by atoms with Crippen LogP contribution in [0.3, 0.4) is 0 Å². The van der Waals surface area contributed by atoms with Gasteiger partial charge in [0.2, 0.25) is 5.91 Å². The summed E-state index contributed by atoms with van der Waals surface area (Å²) in [5.74, 6) is 1.02.